The smallest absolute Gasteiger partial charge is 0.254 e. The molecule has 39 heavy (non-hydrogen) atoms. The van der Waals surface area contributed by atoms with E-state index in [0.29, 0.717) is 37.6 Å². The molecule has 2 fully saturated rings. The Balaban J connectivity index is 1.32. The third-order valence-corrected chi connectivity index (χ3v) is 9.10. The summed E-state index contributed by atoms with van der Waals surface area (Å²) in [4.78, 5) is 56.5. The molecule has 5 rings (SSSR count). The van der Waals surface area contributed by atoms with E-state index in [1.54, 1.807) is 29.8 Å². The van der Waals surface area contributed by atoms with Crippen molar-refractivity contribution in [2.45, 2.75) is 36.2 Å². The van der Waals surface area contributed by atoms with Gasteiger partial charge in [0.1, 0.15) is 50.3 Å². The summed E-state index contributed by atoms with van der Waals surface area (Å²) in [6.45, 7) is 2.34. The van der Waals surface area contributed by atoms with Crippen molar-refractivity contribution in [2.75, 3.05) is 19.8 Å². The second kappa shape index (κ2) is 9.97. The highest BCUT2D eigenvalue weighted by Gasteiger charge is 2.61. The summed E-state index contributed by atoms with van der Waals surface area (Å²) in [6.07, 6.45) is 0. The van der Waals surface area contributed by atoms with Gasteiger partial charge in [0.15, 0.2) is 0 Å². The average Bonchev–Trinajstić information content (AvgIpc) is 3.28. The van der Waals surface area contributed by atoms with Crippen molar-refractivity contribution in [2.24, 2.45) is 0 Å². The first kappa shape index (κ1) is 27.2. The van der Waals surface area contributed by atoms with Crippen LogP contribution in [0.25, 0.3) is 0 Å². The van der Waals surface area contributed by atoms with Crippen LogP contribution in [-0.2, 0) is 38.8 Å². The normalized spacial score (nSPS) is 24.7. The Labute approximate surface area is 232 Å². The van der Waals surface area contributed by atoms with Gasteiger partial charge in [0, 0.05) is 30.0 Å². The number of hydrogen-bond donors (Lipinski definition) is 0. The molecular formula is C25H30B5N3O6. The van der Waals surface area contributed by atoms with Gasteiger partial charge in [-0.2, -0.15) is 0 Å². The summed E-state index contributed by atoms with van der Waals surface area (Å²) in [7, 11) is 8.83. The number of imide groups is 1. The fourth-order valence-corrected chi connectivity index (χ4v) is 5.83. The van der Waals surface area contributed by atoms with Crippen LogP contribution in [0.3, 0.4) is 0 Å². The highest BCUT2D eigenvalue weighted by Crippen LogP contribution is 2.51. The predicted molar refractivity (Wildman–Crippen MR) is 157 cm³/mol. The van der Waals surface area contributed by atoms with Crippen molar-refractivity contribution in [1.82, 2.24) is 14.6 Å². The second-order valence-electron chi connectivity index (χ2n) is 11.4. The van der Waals surface area contributed by atoms with Gasteiger partial charge in [-0.25, -0.2) is 0 Å². The van der Waals surface area contributed by atoms with Crippen molar-refractivity contribution in [3.8, 4) is 5.75 Å². The van der Waals surface area contributed by atoms with Gasteiger partial charge >= 0.3 is 0 Å². The molecule has 14 heteroatoms. The molecular weight excluding hydrogens is 492 g/mol. The van der Waals surface area contributed by atoms with Crippen molar-refractivity contribution >= 4 is 63.0 Å². The van der Waals surface area contributed by atoms with Crippen molar-refractivity contribution in [3.63, 3.8) is 0 Å². The zero-order chi connectivity index (χ0) is 28.1. The van der Waals surface area contributed by atoms with Crippen LogP contribution in [-0.4, -0.2) is 103 Å². The number of carbonyl (C=O) groups excluding carboxylic acids is 4. The van der Waals surface area contributed by atoms with Crippen molar-refractivity contribution < 1.29 is 28.7 Å². The Morgan fingerprint density at radius 2 is 1.69 bits per heavy atom. The Morgan fingerprint density at radius 3 is 2.38 bits per heavy atom. The van der Waals surface area contributed by atoms with Gasteiger partial charge in [-0.05, 0) is 23.3 Å². The molecule has 3 heterocycles. The third kappa shape index (κ3) is 4.38. The Morgan fingerprint density at radius 1 is 1.00 bits per heavy atom. The quantitative estimate of drug-likeness (QED) is 0.291. The van der Waals surface area contributed by atoms with Gasteiger partial charge in [-0.15, -0.1) is 0 Å². The maximum absolute atomic E-state index is 13.7. The zero-order valence-corrected chi connectivity index (χ0v) is 23.2. The van der Waals surface area contributed by atoms with E-state index in [-0.39, 0.29) is 36.8 Å². The molecule has 2 atom stereocenters. The molecule has 0 N–H and O–H groups in total. The summed E-state index contributed by atoms with van der Waals surface area (Å²) in [5, 5.41) is -0.778. The largest absolute Gasteiger partial charge is 0.489 e. The lowest BCUT2D eigenvalue weighted by molar-refractivity contribution is -0.148. The molecule has 2 aromatic rings. The molecule has 0 aromatic heterocycles. The average molecular weight is 523 g/mol. The summed E-state index contributed by atoms with van der Waals surface area (Å²) < 4.78 is 11.4. The van der Waals surface area contributed by atoms with Crippen LogP contribution >= 0.6 is 0 Å². The van der Waals surface area contributed by atoms with Gasteiger partial charge < -0.3 is 24.1 Å². The number of carbonyl (C=O) groups is 4. The minimum atomic E-state index is -1.21. The highest BCUT2D eigenvalue weighted by molar-refractivity contribution is 6.58. The fraction of sp³-hybridized carbons (Fsp3) is 0.360. The fourth-order valence-electron chi connectivity index (χ4n) is 5.83. The van der Waals surface area contributed by atoms with E-state index in [4.69, 9.17) is 9.47 Å². The predicted octanol–water partition coefficient (Wildman–Crippen LogP) is -3.37. The second-order valence-corrected chi connectivity index (χ2v) is 11.4. The molecule has 4 amide bonds. The van der Waals surface area contributed by atoms with Crippen molar-refractivity contribution in [3.05, 3.63) is 64.7 Å². The van der Waals surface area contributed by atoms with Crippen LogP contribution in [0.2, 0.25) is 11.0 Å². The first-order valence-electron chi connectivity index (χ1n) is 13.3. The number of benzene rings is 2. The van der Waals surface area contributed by atoms with Gasteiger partial charge in [0.25, 0.3) is 5.91 Å². The third-order valence-electron chi connectivity index (χ3n) is 9.10. The van der Waals surface area contributed by atoms with E-state index < -0.39 is 16.5 Å². The highest BCUT2D eigenvalue weighted by atomic mass is 16.5. The number of morpholine rings is 1. The van der Waals surface area contributed by atoms with Crippen LogP contribution < -0.4 is 4.74 Å². The van der Waals surface area contributed by atoms with Gasteiger partial charge in [-0.3, -0.25) is 19.2 Å². The molecule has 2 aromatic carbocycles. The molecule has 2 unspecified atom stereocenters. The molecule has 3 aliphatic rings. The number of amides is 4. The molecule has 196 valence electrons. The van der Waals surface area contributed by atoms with Gasteiger partial charge in [0.2, 0.25) is 25.7 Å². The monoisotopic (exact) mass is 523 g/mol. The number of nitrogens with zero attached hydrogens (tertiary/aromatic N) is 3. The first-order chi connectivity index (χ1) is 18.5. The van der Waals surface area contributed by atoms with E-state index in [2.05, 4.69) is 0 Å². The van der Waals surface area contributed by atoms with E-state index in [9.17, 15) is 19.2 Å². The number of hydrogen-bond acceptors (Lipinski definition) is 6. The molecule has 0 radical (unpaired) electrons. The summed E-state index contributed by atoms with van der Waals surface area (Å²) in [6, 6.07) is 13.3. The van der Waals surface area contributed by atoms with Crippen molar-refractivity contribution in [1.29, 1.82) is 0 Å². The van der Waals surface area contributed by atoms with E-state index in [1.165, 1.54) is 7.98 Å². The lowest BCUT2D eigenvalue weighted by Crippen LogP contribution is -2.72. The van der Waals surface area contributed by atoms with Crippen LogP contribution in [0.15, 0.2) is 42.5 Å². The number of piperidine rings is 1. The number of rotatable bonds is 6. The van der Waals surface area contributed by atoms with E-state index >= 15 is 0 Å². The lowest BCUT2D eigenvalue weighted by Gasteiger charge is -2.57. The van der Waals surface area contributed by atoms with E-state index in [0.717, 1.165) is 21.5 Å². The van der Waals surface area contributed by atoms with E-state index in [1.807, 2.05) is 53.9 Å². The van der Waals surface area contributed by atoms with Crippen LogP contribution in [0, 0.1) is 0 Å². The summed E-state index contributed by atoms with van der Waals surface area (Å²) in [5.41, 5.74) is 2.02. The van der Waals surface area contributed by atoms with Crippen LogP contribution in [0.5, 0.6) is 5.75 Å². The maximum Gasteiger partial charge on any atom is 0.254 e. The SMILES string of the molecule is BC1C(=O)N(B)C(=O)C(B)(N2Cc3c(OCc4ccc(CN5CCOCC5=O)cc4)cccc3C2=O)C1(B)B. The standard InChI is InChI=1S/C25H30B5N3O6/c26-20-22(36)33(30)23(37)25(29,24(20,27)28)32-11-17-16(21(32)35)2-1-3-18(17)39-12-15-6-4-14(5-7-15)10-31-8-9-38-13-19(31)34/h1-7,20H,8-13,26-30H2. The lowest BCUT2D eigenvalue weighted by atomic mass is 9.30. The van der Waals surface area contributed by atoms with Gasteiger partial charge in [0.05, 0.1) is 18.6 Å². The zero-order valence-electron chi connectivity index (χ0n) is 23.2. The molecule has 2 saturated heterocycles. The Kier molecular flexibility index (Phi) is 6.95. The molecule has 0 spiro atoms. The number of ether oxygens (including phenoxy) is 2. The Bertz CT molecular complexity index is 1360. The van der Waals surface area contributed by atoms with Gasteiger partial charge in [-0.1, -0.05) is 35.5 Å². The first-order valence-corrected chi connectivity index (χ1v) is 13.3. The topological polar surface area (TPSA) is 96.5 Å². The molecule has 3 aliphatic heterocycles. The summed E-state index contributed by atoms with van der Waals surface area (Å²) >= 11 is 0. The molecule has 9 nitrogen and oxygen atoms in total. The summed E-state index contributed by atoms with van der Waals surface area (Å²) in [5.74, 6) is -0.710. The Hall–Kier alpha value is -3.40. The number of fused-ring (bicyclic) bond motifs is 1. The minimum absolute atomic E-state index is 0.00457. The molecule has 0 saturated carbocycles. The van der Waals surface area contributed by atoms with Crippen LogP contribution in [0.1, 0.15) is 27.0 Å². The molecule has 0 aliphatic carbocycles. The maximum atomic E-state index is 13.7. The molecule has 0 bridgehead atoms. The minimum Gasteiger partial charge on any atom is -0.489 e. The van der Waals surface area contributed by atoms with Crippen LogP contribution in [0.4, 0.5) is 0 Å².